The number of carbonyl (C=O) groups is 1. The van der Waals surface area contributed by atoms with Crippen molar-refractivity contribution >= 4 is 33.6 Å². The van der Waals surface area contributed by atoms with E-state index in [1.807, 2.05) is 54.6 Å². The fourth-order valence-electron chi connectivity index (χ4n) is 4.20. The van der Waals surface area contributed by atoms with Crippen LogP contribution >= 0.6 is 15.9 Å². The average molecular weight is 451 g/mol. The largest absolute Gasteiger partial charge is 0.467 e. The van der Waals surface area contributed by atoms with E-state index in [1.165, 1.54) is 0 Å². The van der Waals surface area contributed by atoms with Crippen LogP contribution in [0.1, 0.15) is 47.2 Å². The summed E-state index contributed by atoms with van der Waals surface area (Å²) in [5, 5.41) is 6.43. The molecule has 0 bridgehead atoms. The van der Waals surface area contributed by atoms with Crippen LogP contribution in [0.2, 0.25) is 0 Å². The average Bonchev–Trinajstić information content (AvgIpc) is 3.48. The van der Waals surface area contributed by atoms with Gasteiger partial charge in [-0.25, -0.2) is 5.01 Å². The van der Waals surface area contributed by atoms with E-state index >= 15 is 0 Å². The number of nitrogens with zero attached hydrogens (tertiary/aromatic N) is 2. The summed E-state index contributed by atoms with van der Waals surface area (Å²) in [7, 11) is 0. The van der Waals surface area contributed by atoms with Gasteiger partial charge < -0.3 is 8.83 Å². The minimum atomic E-state index is -0.244. The molecule has 1 aliphatic carbocycles. The molecule has 0 spiro atoms. The third-order valence-electron chi connectivity index (χ3n) is 5.48. The number of hydrogen-bond donors (Lipinski definition) is 0. The van der Waals surface area contributed by atoms with Gasteiger partial charge in [0.15, 0.2) is 0 Å². The monoisotopic (exact) mass is 450 g/mol. The molecule has 0 radical (unpaired) electrons. The van der Waals surface area contributed by atoms with E-state index < -0.39 is 0 Å². The maximum atomic E-state index is 13.4. The standard InChI is InChI=1S/C23H19BrN2O3/c24-17-7-1-6-16(13-17)23(27)26-22(20-10-4-12-29-20)19-9-2-5-15(21(19)25-26)14-18-8-3-11-28-18/h1,3-4,6-8,10-14,19,22H,2,5,9H2/b15-14-/t19-,22-/m0/s1. The lowest BCUT2D eigenvalue weighted by atomic mass is 9.79. The number of allylic oxidation sites excluding steroid dienone is 1. The van der Waals surface area contributed by atoms with E-state index in [4.69, 9.17) is 13.9 Å². The molecule has 1 fully saturated rings. The number of rotatable bonds is 3. The lowest BCUT2D eigenvalue weighted by Gasteiger charge is -2.27. The van der Waals surface area contributed by atoms with E-state index in [1.54, 1.807) is 17.5 Å². The van der Waals surface area contributed by atoms with E-state index in [9.17, 15) is 4.79 Å². The van der Waals surface area contributed by atoms with Gasteiger partial charge in [-0.15, -0.1) is 0 Å². The summed E-state index contributed by atoms with van der Waals surface area (Å²) in [6, 6.07) is 14.7. The van der Waals surface area contributed by atoms with E-state index in [0.717, 1.165) is 46.5 Å². The molecule has 1 aliphatic heterocycles. The van der Waals surface area contributed by atoms with Crippen molar-refractivity contribution < 1.29 is 13.6 Å². The minimum absolute atomic E-state index is 0.104. The molecule has 3 aromatic rings. The number of carbonyl (C=O) groups excluding carboxylic acids is 1. The molecule has 0 unspecified atom stereocenters. The topological polar surface area (TPSA) is 59.0 Å². The van der Waals surface area contributed by atoms with Crippen LogP contribution in [0, 0.1) is 5.92 Å². The summed E-state index contributed by atoms with van der Waals surface area (Å²) in [5.41, 5.74) is 2.67. The summed E-state index contributed by atoms with van der Waals surface area (Å²) in [4.78, 5) is 13.4. The van der Waals surface area contributed by atoms with Gasteiger partial charge in [-0.2, -0.15) is 5.10 Å². The van der Waals surface area contributed by atoms with Crippen LogP contribution in [0.25, 0.3) is 6.08 Å². The first-order valence-corrected chi connectivity index (χ1v) is 10.5. The fourth-order valence-corrected chi connectivity index (χ4v) is 4.60. The Morgan fingerprint density at radius 1 is 1.14 bits per heavy atom. The first kappa shape index (κ1) is 18.2. The molecule has 2 aliphatic rings. The molecular formula is C23H19BrN2O3. The molecule has 29 heavy (non-hydrogen) atoms. The lowest BCUT2D eigenvalue weighted by molar-refractivity contribution is 0.0656. The molecule has 3 heterocycles. The molecule has 1 aromatic carbocycles. The number of furan rings is 2. The third kappa shape index (κ3) is 3.38. The van der Waals surface area contributed by atoms with Crippen LogP contribution in [-0.2, 0) is 0 Å². The summed E-state index contributed by atoms with van der Waals surface area (Å²) in [6.07, 6.45) is 8.26. The summed E-state index contributed by atoms with van der Waals surface area (Å²) >= 11 is 3.45. The zero-order valence-corrected chi connectivity index (χ0v) is 17.2. The van der Waals surface area contributed by atoms with Crippen molar-refractivity contribution in [3.63, 3.8) is 0 Å². The first-order valence-electron chi connectivity index (χ1n) is 9.66. The Morgan fingerprint density at radius 2 is 2.00 bits per heavy atom. The number of hydrazone groups is 1. The molecule has 2 aromatic heterocycles. The fraction of sp³-hybridized carbons (Fsp3) is 0.217. The van der Waals surface area contributed by atoms with Gasteiger partial charge in [-0.1, -0.05) is 22.0 Å². The van der Waals surface area contributed by atoms with Crippen molar-refractivity contribution in [1.29, 1.82) is 0 Å². The van der Waals surface area contributed by atoms with Crippen LogP contribution in [-0.4, -0.2) is 16.6 Å². The Hall–Kier alpha value is -2.86. The second kappa shape index (κ2) is 7.52. The molecule has 146 valence electrons. The number of amides is 1. The molecule has 5 nitrogen and oxygen atoms in total. The number of halogens is 1. The normalized spacial score (nSPS) is 22.6. The quantitative estimate of drug-likeness (QED) is 0.486. The predicted molar refractivity (Wildman–Crippen MR) is 113 cm³/mol. The maximum absolute atomic E-state index is 13.4. The Bertz CT molecular complexity index is 1080. The molecule has 2 atom stereocenters. The maximum Gasteiger partial charge on any atom is 0.274 e. The van der Waals surface area contributed by atoms with E-state index in [-0.39, 0.29) is 17.9 Å². The van der Waals surface area contributed by atoms with Gasteiger partial charge >= 0.3 is 0 Å². The van der Waals surface area contributed by atoms with E-state index in [0.29, 0.717) is 5.56 Å². The highest BCUT2D eigenvalue weighted by molar-refractivity contribution is 9.10. The molecule has 6 heteroatoms. The second-order valence-corrected chi connectivity index (χ2v) is 8.20. The molecule has 0 N–H and O–H groups in total. The Balaban J connectivity index is 1.57. The number of benzene rings is 1. The van der Waals surface area contributed by atoms with Gasteiger partial charge in [-0.05, 0) is 73.4 Å². The number of hydrogen-bond acceptors (Lipinski definition) is 4. The lowest BCUT2D eigenvalue weighted by Crippen LogP contribution is -2.31. The highest BCUT2D eigenvalue weighted by Crippen LogP contribution is 2.45. The van der Waals surface area contributed by atoms with Crippen molar-refractivity contribution in [3.8, 4) is 0 Å². The van der Waals surface area contributed by atoms with Gasteiger partial charge in [0.25, 0.3) is 5.91 Å². The van der Waals surface area contributed by atoms with Gasteiger partial charge in [0, 0.05) is 16.0 Å². The van der Waals surface area contributed by atoms with Crippen LogP contribution in [0.15, 0.2) is 85.0 Å². The highest BCUT2D eigenvalue weighted by Gasteiger charge is 2.45. The van der Waals surface area contributed by atoms with Crippen LogP contribution in [0.5, 0.6) is 0 Å². The van der Waals surface area contributed by atoms with Crippen molar-refractivity contribution in [2.75, 3.05) is 0 Å². The van der Waals surface area contributed by atoms with Crippen LogP contribution in [0.4, 0.5) is 0 Å². The van der Waals surface area contributed by atoms with E-state index in [2.05, 4.69) is 15.9 Å². The molecule has 1 saturated carbocycles. The van der Waals surface area contributed by atoms with Crippen molar-refractivity contribution in [3.05, 3.63) is 88.2 Å². The van der Waals surface area contributed by atoms with Crippen LogP contribution in [0.3, 0.4) is 0 Å². The molecule has 1 amide bonds. The van der Waals surface area contributed by atoms with Crippen LogP contribution < -0.4 is 0 Å². The SMILES string of the molecule is O=C(c1cccc(Br)c1)N1N=C2/C(=C\c3ccco3)CCC[C@@H]2[C@H]1c1ccco1. The summed E-state index contributed by atoms with van der Waals surface area (Å²) in [6.45, 7) is 0. The molecular weight excluding hydrogens is 432 g/mol. The second-order valence-electron chi connectivity index (χ2n) is 7.29. The van der Waals surface area contributed by atoms with Gasteiger partial charge in [0.2, 0.25) is 0 Å². The van der Waals surface area contributed by atoms with Gasteiger partial charge in [0.05, 0.1) is 18.2 Å². The minimum Gasteiger partial charge on any atom is -0.467 e. The number of fused-ring (bicyclic) bond motifs is 1. The first-order chi connectivity index (χ1) is 14.2. The van der Waals surface area contributed by atoms with Crippen molar-refractivity contribution in [2.24, 2.45) is 11.0 Å². The highest BCUT2D eigenvalue weighted by atomic mass is 79.9. The summed E-state index contributed by atoms with van der Waals surface area (Å²) in [5.74, 6) is 1.53. The zero-order valence-electron chi connectivity index (χ0n) is 15.6. The smallest absolute Gasteiger partial charge is 0.274 e. The van der Waals surface area contributed by atoms with Gasteiger partial charge in [0.1, 0.15) is 17.6 Å². The van der Waals surface area contributed by atoms with Gasteiger partial charge in [-0.3, -0.25) is 4.79 Å². The molecule has 0 saturated heterocycles. The molecule has 5 rings (SSSR count). The van der Waals surface area contributed by atoms with Crippen molar-refractivity contribution in [1.82, 2.24) is 5.01 Å². The zero-order chi connectivity index (χ0) is 19.8. The van der Waals surface area contributed by atoms with Crippen molar-refractivity contribution in [2.45, 2.75) is 25.3 Å². The third-order valence-corrected chi connectivity index (χ3v) is 5.97. The Morgan fingerprint density at radius 3 is 2.76 bits per heavy atom. The predicted octanol–water partition coefficient (Wildman–Crippen LogP) is 6.07. The summed E-state index contributed by atoms with van der Waals surface area (Å²) < 4.78 is 12.1. The Kier molecular flexibility index (Phi) is 4.72. The Labute approximate surface area is 176 Å².